The zero-order valence-corrected chi connectivity index (χ0v) is 8.28. The van der Waals surface area contributed by atoms with Crippen LogP contribution in [0.15, 0.2) is 36.7 Å². The molecule has 0 radical (unpaired) electrons. The lowest BCUT2D eigenvalue weighted by Crippen LogP contribution is -1.94. The summed E-state index contributed by atoms with van der Waals surface area (Å²) < 4.78 is 14.1. The van der Waals surface area contributed by atoms with E-state index in [1.165, 1.54) is 29.2 Å². The van der Waals surface area contributed by atoms with Crippen LogP contribution in [0.2, 0.25) is 0 Å². The minimum Gasteiger partial charge on any atom is -0.275 e. The molecule has 0 saturated carbocycles. The minimum absolute atomic E-state index is 0.306. The number of rotatable bonds is 2. The molecule has 0 bridgehead atoms. The van der Waals surface area contributed by atoms with Crippen LogP contribution in [0.4, 0.5) is 4.39 Å². The lowest BCUT2D eigenvalue weighted by atomic mass is 10.3. The third-order valence-corrected chi connectivity index (χ3v) is 2.12. The van der Waals surface area contributed by atoms with Gasteiger partial charge in [0.15, 0.2) is 0 Å². The fourth-order valence-corrected chi connectivity index (χ4v) is 1.26. The highest BCUT2D eigenvalue weighted by atomic mass is 35.5. The van der Waals surface area contributed by atoms with Gasteiger partial charge in [-0.2, -0.15) is 5.10 Å². The van der Waals surface area contributed by atoms with E-state index >= 15 is 0 Å². The summed E-state index contributed by atoms with van der Waals surface area (Å²) in [7, 11) is 0. The second kappa shape index (κ2) is 3.82. The molecule has 5 heteroatoms. The Balaban J connectivity index is 2.37. The van der Waals surface area contributed by atoms with Crippen LogP contribution in [-0.2, 0) is 0 Å². The third-order valence-electron chi connectivity index (χ3n) is 1.90. The van der Waals surface area contributed by atoms with E-state index in [2.05, 4.69) is 5.10 Å². The predicted octanol–water partition coefficient (Wildman–Crippen LogP) is 2.39. The lowest BCUT2D eigenvalue weighted by molar-refractivity contribution is 0.108. The molecule has 1 aromatic carbocycles. The van der Waals surface area contributed by atoms with Crippen molar-refractivity contribution in [2.24, 2.45) is 0 Å². The highest BCUT2D eigenvalue weighted by molar-refractivity contribution is 6.67. The number of halogens is 2. The molecule has 2 rings (SSSR count). The van der Waals surface area contributed by atoms with E-state index in [1.54, 1.807) is 12.1 Å². The molecule has 0 aliphatic carbocycles. The Labute approximate surface area is 90.1 Å². The van der Waals surface area contributed by atoms with Gasteiger partial charge in [-0.05, 0) is 35.9 Å². The number of carbonyl (C=O) groups excluding carboxylic acids is 1. The van der Waals surface area contributed by atoms with E-state index in [9.17, 15) is 9.18 Å². The largest absolute Gasteiger partial charge is 0.275 e. The summed E-state index contributed by atoms with van der Waals surface area (Å²) in [5.74, 6) is -0.320. The number of hydrogen-bond acceptors (Lipinski definition) is 2. The zero-order valence-electron chi connectivity index (χ0n) is 7.52. The Bertz CT molecular complexity index is 492. The predicted molar refractivity (Wildman–Crippen MR) is 53.7 cm³/mol. The van der Waals surface area contributed by atoms with Crippen molar-refractivity contribution in [2.75, 3.05) is 0 Å². The molecule has 0 aliphatic rings. The van der Waals surface area contributed by atoms with Crippen molar-refractivity contribution in [3.8, 4) is 5.69 Å². The van der Waals surface area contributed by atoms with Gasteiger partial charge in [0.25, 0.3) is 5.24 Å². The van der Waals surface area contributed by atoms with Crippen molar-refractivity contribution in [1.82, 2.24) is 9.78 Å². The molecule has 0 N–H and O–H groups in total. The molecule has 1 heterocycles. The highest BCUT2D eigenvalue weighted by Crippen LogP contribution is 2.10. The first-order chi connectivity index (χ1) is 7.16. The maximum absolute atomic E-state index is 12.6. The van der Waals surface area contributed by atoms with E-state index in [0.29, 0.717) is 11.3 Å². The van der Waals surface area contributed by atoms with Crippen LogP contribution < -0.4 is 0 Å². The SMILES string of the molecule is O=C(Cl)c1cnn(-c2ccc(F)cc2)c1. The summed E-state index contributed by atoms with van der Waals surface area (Å²) in [6.07, 6.45) is 2.85. The number of carbonyl (C=O) groups is 1. The van der Waals surface area contributed by atoms with Gasteiger partial charge in [0.1, 0.15) is 5.82 Å². The Hall–Kier alpha value is -1.68. The van der Waals surface area contributed by atoms with Gasteiger partial charge < -0.3 is 0 Å². The molecule has 2 aromatic rings. The number of nitrogens with zero attached hydrogens (tertiary/aromatic N) is 2. The first kappa shape index (κ1) is 9.86. The summed E-state index contributed by atoms with van der Waals surface area (Å²) in [6, 6.07) is 5.76. The summed E-state index contributed by atoms with van der Waals surface area (Å²) in [5, 5.41) is 3.36. The molecule has 3 nitrogen and oxygen atoms in total. The van der Waals surface area contributed by atoms with Crippen LogP contribution in [0, 0.1) is 5.82 Å². The summed E-state index contributed by atoms with van der Waals surface area (Å²) in [6.45, 7) is 0. The van der Waals surface area contributed by atoms with E-state index in [1.807, 2.05) is 0 Å². The van der Waals surface area contributed by atoms with Crippen LogP contribution in [0.25, 0.3) is 5.69 Å². The molecular weight excluding hydrogens is 219 g/mol. The van der Waals surface area contributed by atoms with Crippen molar-refractivity contribution in [2.45, 2.75) is 0 Å². The molecular formula is C10H6ClFN2O. The van der Waals surface area contributed by atoms with E-state index in [4.69, 9.17) is 11.6 Å². The lowest BCUT2D eigenvalue weighted by Gasteiger charge is -1.99. The average Bonchev–Trinajstić information content (AvgIpc) is 2.68. The Morgan fingerprint density at radius 1 is 1.33 bits per heavy atom. The smallest absolute Gasteiger partial charge is 0.255 e. The fraction of sp³-hybridized carbons (Fsp3) is 0. The van der Waals surface area contributed by atoms with Crippen molar-refractivity contribution >= 4 is 16.8 Å². The van der Waals surface area contributed by atoms with Crippen LogP contribution in [0.1, 0.15) is 10.4 Å². The van der Waals surface area contributed by atoms with Gasteiger partial charge in [0.05, 0.1) is 17.4 Å². The van der Waals surface area contributed by atoms with E-state index < -0.39 is 5.24 Å². The zero-order chi connectivity index (χ0) is 10.8. The van der Waals surface area contributed by atoms with Gasteiger partial charge in [-0.3, -0.25) is 4.79 Å². The molecule has 0 aliphatic heterocycles. The maximum Gasteiger partial charge on any atom is 0.255 e. The first-order valence-corrected chi connectivity index (χ1v) is 4.55. The third kappa shape index (κ3) is 2.05. The first-order valence-electron chi connectivity index (χ1n) is 4.17. The quantitative estimate of drug-likeness (QED) is 0.735. The summed E-state index contributed by atoms with van der Waals surface area (Å²) in [5.41, 5.74) is 0.974. The molecule has 0 amide bonds. The van der Waals surface area contributed by atoms with Crippen LogP contribution >= 0.6 is 11.6 Å². The van der Waals surface area contributed by atoms with Crippen molar-refractivity contribution in [3.05, 3.63) is 48.0 Å². The molecule has 0 atom stereocenters. The van der Waals surface area contributed by atoms with Gasteiger partial charge in [-0.15, -0.1) is 0 Å². The molecule has 0 spiro atoms. The number of hydrogen-bond donors (Lipinski definition) is 0. The standard InChI is InChI=1S/C10H6ClFN2O/c11-10(15)7-5-13-14(6-7)9-3-1-8(12)2-4-9/h1-6H. The number of aromatic nitrogens is 2. The van der Waals surface area contributed by atoms with Gasteiger partial charge in [0.2, 0.25) is 0 Å². The van der Waals surface area contributed by atoms with Gasteiger partial charge in [-0.25, -0.2) is 9.07 Å². The topological polar surface area (TPSA) is 34.9 Å². The Morgan fingerprint density at radius 3 is 2.53 bits per heavy atom. The van der Waals surface area contributed by atoms with Crippen LogP contribution in [-0.4, -0.2) is 15.0 Å². The average molecular weight is 225 g/mol. The summed E-state index contributed by atoms with van der Waals surface area (Å²) in [4.78, 5) is 10.8. The van der Waals surface area contributed by atoms with Gasteiger partial charge in [0, 0.05) is 6.20 Å². The van der Waals surface area contributed by atoms with E-state index in [-0.39, 0.29) is 5.82 Å². The van der Waals surface area contributed by atoms with Crippen LogP contribution in [0.5, 0.6) is 0 Å². The monoisotopic (exact) mass is 224 g/mol. The maximum atomic E-state index is 12.6. The van der Waals surface area contributed by atoms with Crippen LogP contribution in [0.3, 0.4) is 0 Å². The van der Waals surface area contributed by atoms with Crippen molar-refractivity contribution in [3.63, 3.8) is 0 Å². The molecule has 0 unspecified atom stereocenters. The minimum atomic E-state index is -0.566. The normalized spacial score (nSPS) is 10.3. The van der Waals surface area contributed by atoms with Crippen molar-refractivity contribution in [1.29, 1.82) is 0 Å². The highest BCUT2D eigenvalue weighted by Gasteiger charge is 2.05. The molecule has 15 heavy (non-hydrogen) atoms. The van der Waals surface area contributed by atoms with E-state index in [0.717, 1.165) is 0 Å². The second-order valence-electron chi connectivity index (χ2n) is 2.92. The summed E-state index contributed by atoms with van der Waals surface area (Å²) >= 11 is 5.28. The molecule has 76 valence electrons. The fourth-order valence-electron chi connectivity index (χ4n) is 1.16. The molecule has 0 saturated heterocycles. The van der Waals surface area contributed by atoms with Gasteiger partial charge >= 0.3 is 0 Å². The Kier molecular flexibility index (Phi) is 2.51. The molecule has 0 fully saturated rings. The van der Waals surface area contributed by atoms with Crippen molar-refractivity contribution < 1.29 is 9.18 Å². The number of benzene rings is 1. The molecule has 1 aromatic heterocycles. The second-order valence-corrected chi connectivity index (χ2v) is 3.27. The Morgan fingerprint density at radius 2 is 2.00 bits per heavy atom. The van der Waals surface area contributed by atoms with Gasteiger partial charge in [-0.1, -0.05) is 0 Å².